The fraction of sp³-hybridized carbons (Fsp3) is 0.143. The second-order valence-electron chi connectivity index (χ2n) is 8.20. The van der Waals surface area contributed by atoms with Gasteiger partial charge in [0.05, 0.1) is 14.9 Å². The molecule has 0 bridgehead atoms. The maximum atomic E-state index is 13.6. The highest BCUT2D eigenvalue weighted by molar-refractivity contribution is 7.89. The minimum absolute atomic E-state index is 0.00266. The van der Waals surface area contributed by atoms with Crippen LogP contribution in [0.4, 0.5) is 4.39 Å². The van der Waals surface area contributed by atoms with Crippen LogP contribution in [0.1, 0.15) is 29.0 Å². The minimum Gasteiger partial charge on any atom is -0.207 e. The predicted molar refractivity (Wildman–Crippen MR) is 140 cm³/mol. The Morgan fingerprint density at radius 2 is 1.31 bits per heavy atom. The summed E-state index contributed by atoms with van der Waals surface area (Å²) >= 11 is 12.2. The fourth-order valence-electron chi connectivity index (χ4n) is 4.05. The Labute approximate surface area is 215 Å². The van der Waals surface area contributed by atoms with E-state index in [2.05, 4.69) is 24.3 Å². The van der Waals surface area contributed by atoms with Crippen LogP contribution in [0.5, 0.6) is 0 Å². The molecular weight excluding hydrogens is 504 g/mol. The summed E-state index contributed by atoms with van der Waals surface area (Å²) in [6, 6.07) is 30.0. The Morgan fingerprint density at radius 1 is 0.743 bits per heavy atom. The first-order valence-electron chi connectivity index (χ1n) is 11.1. The molecule has 0 fully saturated rings. The third-order valence-corrected chi connectivity index (χ3v) is 8.46. The number of hydrogen-bond donors (Lipinski definition) is 0. The molecule has 0 saturated carbocycles. The van der Waals surface area contributed by atoms with Gasteiger partial charge < -0.3 is 0 Å². The molecule has 3 nitrogen and oxygen atoms in total. The van der Waals surface area contributed by atoms with Gasteiger partial charge in [-0.05, 0) is 59.5 Å². The van der Waals surface area contributed by atoms with Gasteiger partial charge >= 0.3 is 0 Å². The number of sulfonamides is 1. The van der Waals surface area contributed by atoms with E-state index >= 15 is 0 Å². The molecule has 0 aliphatic heterocycles. The van der Waals surface area contributed by atoms with Crippen LogP contribution < -0.4 is 0 Å². The first-order valence-corrected chi connectivity index (χ1v) is 13.3. The molecule has 0 spiro atoms. The summed E-state index contributed by atoms with van der Waals surface area (Å²) in [4.78, 5) is 0.0370. The van der Waals surface area contributed by atoms with Gasteiger partial charge in [-0.25, -0.2) is 12.8 Å². The lowest BCUT2D eigenvalue weighted by molar-refractivity contribution is 0.392. The molecule has 4 aromatic carbocycles. The third-order valence-electron chi connectivity index (χ3n) is 5.87. The third kappa shape index (κ3) is 6.30. The van der Waals surface area contributed by atoms with Gasteiger partial charge in [0.25, 0.3) is 0 Å². The number of benzene rings is 4. The molecule has 0 radical (unpaired) electrons. The summed E-state index contributed by atoms with van der Waals surface area (Å²) < 4.78 is 42.2. The molecule has 35 heavy (non-hydrogen) atoms. The van der Waals surface area contributed by atoms with Gasteiger partial charge in [0.1, 0.15) is 5.82 Å². The quantitative estimate of drug-likeness (QED) is 0.225. The van der Waals surface area contributed by atoms with Gasteiger partial charge in [0.2, 0.25) is 10.0 Å². The molecule has 0 atom stereocenters. The zero-order valence-electron chi connectivity index (χ0n) is 18.8. The van der Waals surface area contributed by atoms with Gasteiger partial charge in [-0.1, -0.05) is 89.9 Å². The van der Waals surface area contributed by atoms with Crippen LogP contribution in [0.15, 0.2) is 108 Å². The van der Waals surface area contributed by atoms with Crippen molar-refractivity contribution in [3.63, 3.8) is 0 Å². The SMILES string of the molecule is O=S(=O)(c1ccc(F)cc1)N(CCC(c1ccccc1)c1ccccc1)Cc1ccc(Cl)c(Cl)c1. The Morgan fingerprint density at radius 3 is 1.86 bits per heavy atom. The van der Waals surface area contributed by atoms with Gasteiger partial charge in [-0.15, -0.1) is 0 Å². The van der Waals surface area contributed by atoms with E-state index in [9.17, 15) is 12.8 Å². The molecule has 4 rings (SSSR count). The number of halogens is 3. The molecule has 0 unspecified atom stereocenters. The molecule has 0 aromatic heterocycles. The fourth-order valence-corrected chi connectivity index (χ4v) is 5.81. The summed E-state index contributed by atoms with van der Waals surface area (Å²) in [7, 11) is -3.91. The molecule has 0 heterocycles. The summed E-state index contributed by atoms with van der Waals surface area (Å²) in [6.07, 6.45) is 0.551. The predicted octanol–water partition coefficient (Wildman–Crippen LogP) is 7.55. The molecule has 7 heteroatoms. The van der Waals surface area contributed by atoms with Gasteiger partial charge in [0, 0.05) is 19.0 Å². The molecule has 0 N–H and O–H groups in total. The summed E-state index contributed by atoms with van der Waals surface area (Å²) in [5.74, 6) is -0.495. The van der Waals surface area contributed by atoms with Crippen LogP contribution in [0.25, 0.3) is 0 Å². The van der Waals surface area contributed by atoms with E-state index in [4.69, 9.17) is 23.2 Å². The van der Waals surface area contributed by atoms with E-state index in [0.29, 0.717) is 22.0 Å². The van der Waals surface area contributed by atoms with Crippen molar-refractivity contribution in [1.29, 1.82) is 0 Å². The van der Waals surface area contributed by atoms with Crippen molar-refractivity contribution in [2.45, 2.75) is 23.8 Å². The highest BCUT2D eigenvalue weighted by atomic mass is 35.5. The van der Waals surface area contributed by atoms with Crippen molar-refractivity contribution in [3.8, 4) is 0 Å². The van der Waals surface area contributed by atoms with E-state index in [0.717, 1.165) is 23.3 Å². The van der Waals surface area contributed by atoms with Crippen LogP contribution in [0.2, 0.25) is 10.0 Å². The topological polar surface area (TPSA) is 37.4 Å². The van der Waals surface area contributed by atoms with Crippen molar-refractivity contribution in [2.75, 3.05) is 6.54 Å². The average Bonchev–Trinajstić information content (AvgIpc) is 2.87. The zero-order chi connectivity index (χ0) is 24.8. The largest absolute Gasteiger partial charge is 0.243 e. The van der Waals surface area contributed by atoms with Crippen molar-refractivity contribution >= 4 is 33.2 Å². The number of nitrogens with zero attached hydrogens (tertiary/aromatic N) is 1. The summed E-state index contributed by atoms with van der Waals surface area (Å²) in [5.41, 5.74) is 2.92. The highest BCUT2D eigenvalue weighted by Crippen LogP contribution is 2.30. The van der Waals surface area contributed by atoms with Crippen molar-refractivity contribution < 1.29 is 12.8 Å². The highest BCUT2D eigenvalue weighted by Gasteiger charge is 2.27. The monoisotopic (exact) mass is 527 g/mol. The maximum absolute atomic E-state index is 13.6. The molecule has 0 saturated heterocycles. The molecule has 0 amide bonds. The number of hydrogen-bond acceptors (Lipinski definition) is 2. The second-order valence-corrected chi connectivity index (χ2v) is 11.0. The summed E-state index contributed by atoms with van der Waals surface area (Å²) in [6.45, 7) is 0.349. The van der Waals surface area contributed by atoms with Crippen LogP contribution in [0.3, 0.4) is 0 Å². The van der Waals surface area contributed by atoms with E-state index < -0.39 is 15.8 Å². The van der Waals surface area contributed by atoms with E-state index in [1.54, 1.807) is 18.2 Å². The van der Waals surface area contributed by atoms with Gasteiger partial charge in [-0.2, -0.15) is 4.31 Å². The van der Waals surface area contributed by atoms with E-state index in [1.165, 1.54) is 16.4 Å². The van der Waals surface area contributed by atoms with Crippen molar-refractivity contribution in [3.05, 3.63) is 136 Å². The van der Waals surface area contributed by atoms with Crippen LogP contribution >= 0.6 is 23.2 Å². The normalized spacial score (nSPS) is 11.8. The smallest absolute Gasteiger partial charge is 0.207 e. The maximum Gasteiger partial charge on any atom is 0.243 e. The lowest BCUT2D eigenvalue weighted by Crippen LogP contribution is -2.32. The standard InChI is InChI=1S/C28H24Cl2FNO2S/c29-27-16-11-21(19-28(27)30)20-32(35(33,34)25-14-12-24(31)13-15-25)18-17-26(22-7-3-1-4-8-22)23-9-5-2-6-10-23/h1-16,19,26H,17-18,20H2. The van der Waals surface area contributed by atoms with Crippen LogP contribution in [-0.4, -0.2) is 19.3 Å². The van der Waals surface area contributed by atoms with E-state index in [1.807, 2.05) is 36.4 Å². The molecular formula is C28H24Cl2FNO2S. The Balaban J connectivity index is 1.68. The van der Waals surface area contributed by atoms with Crippen molar-refractivity contribution in [1.82, 2.24) is 4.31 Å². The molecule has 180 valence electrons. The van der Waals surface area contributed by atoms with Crippen LogP contribution in [-0.2, 0) is 16.6 Å². The first-order chi connectivity index (χ1) is 16.8. The van der Waals surface area contributed by atoms with Crippen LogP contribution in [0, 0.1) is 5.82 Å². The van der Waals surface area contributed by atoms with E-state index in [-0.39, 0.29) is 23.9 Å². The molecule has 0 aliphatic rings. The Hall–Kier alpha value is -2.70. The van der Waals surface area contributed by atoms with Crippen molar-refractivity contribution in [2.24, 2.45) is 0 Å². The first kappa shape index (κ1) is 25.4. The zero-order valence-corrected chi connectivity index (χ0v) is 21.1. The molecule has 0 aliphatic carbocycles. The number of rotatable bonds is 9. The Kier molecular flexibility index (Phi) is 8.24. The second kappa shape index (κ2) is 11.4. The van der Waals surface area contributed by atoms with Gasteiger partial charge in [0.15, 0.2) is 0 Å². The minimum atomic E-state index is -3.91. The molecule has 4 aromatic rings. The average molecular weight is 528 g/mol. The lowest BCUT2D eigenvalue weighted by Gasteiger charge is -2.26. The lowest BCUT2D eigenvalue weighted by atomic mass is 9.88. The van der Waals surface area contributed by atoms with Gasteiger partial charge in [-0.3, -0.25) is 0 Å². The Bertz CT molecular complexity index is 1330. The summed E-state index contributed by atoms with van der Waals surface area (Å²) in [5, 5.41) is 0.756.